The molecule has 22 heavy (non-hydrogen) atoms. The Morgan fingerprint density at radius 3 is 2.77 bits per heavy atom. The molecule has 0 radical (unpaired) electrons. The molecule has 0 spiro atoms. The lowest BCUT2D eigenvalue weighted by atomic mass is 9.84. The van der Waals surface area contributed by atoms with Gasteiger partial charge in [0.1, 0.15) is 5.56 Å². The summed E-state index contributed by atoms with van der Waals surface area (Å²) in [6.07, 6.45) is 4.97. The molecule has 2 fully saturated rings. The van der Waals surface area contributed by atoms with Crippen LogP contribution >= 0.6 is 11.6 Å². The Balaban J connectivity index is 1.74. The zero-order chi connectivity index (χ0) is 15.9. The van der Waals surface area contributed by atoms with Gasteiger partial charge < -0.3 is 5.32 Å². The van der Waals surface area contributed by atoms with Gasteiger partial charge in [-0.2, -0.15) is 0 Å². The third-order valence-electron chi connectivity index (χ3n) is 5.19. The number of carbonyl (C=O) groups excluding carboxylic acids is 1. The molecule has 2 saturated carbocycles. The minimum atomic E-state index is -0.548. The Morgan fingerprint density at radius 2 is 2.18 bits per heavy atom. The lowest BCUT2D eigenvalue weighted by Gasteiger charge is -2.28. The van der Waals surface area contributed by atoms with Crippen LogP contribution in [-0.2, 0) is 0 Å². The van der Waals surface area contributed by atoms with E-state index >= 15 is 0 Å². The van der Waals surface area contributed by atoms with E-state index in [2.05, 4.69) is 5.32 Å². The standard InChI is InChI=1S/C16H19ClN2O3/c1-9(13-7-10-2-3-11(13)6-10)18-16(20)14-8-12(17)4-5-15(14)19(21)22/h4-5,8-11,13H,2-3,6-7H2,1H3,(H,18,20)/t9-,10-,11-,13+/m0/s1. The van der Waals surface area contributed by atoms with Crippen LogP contribution in [0.25, 0.3) is 0 Å². The molecule has 3 rings (SSSR count). The summed E-state index contributed by atoms with van der Waals surface area (Å²) in [7, 11) is 0. The smallest absolute Gasteiger partial charge is 0.282 e. The third-order valence-corrected chi connectivity index (χ3v) is 5.43. The van der Waals surface area contributed by atoms with Gasteiger partial charge >= 0.3 is 0 Å². The quantitative estimate of drug-likeness (QED) is 0.677. The summed E-state index contributed by atoms with van der Waals surface area (Å²) in [5.41, 5.74) is -0.172. The molecule has 1 aromatic carbocycles. The molecular weight excluding hydrogens is 304 g/mol. The highest BCUT2D eigenvalue weighted by Gasteiger charge is 2.42. The molecule has 2 bridgehead atoms. The molecule has 1 N–H and O–H groups in total. The van der Waals surface area contributed by atoms with Gasteiger partial charge in [-0.1, -0.05) is 18.0 Å². The van der Waals surface area contributed by atoms with Crippen molar-refractivity contribution >= 4 is 23.2 Å². The van der Waals surface area contributed by atoms with E-state index in [-0.39, 0.29) is 17.3 Å². The Labute approximate surface area is 134 Å². The van der Waals surface area contributed by atoms with Gasteiger partial charge in [0, 0.05) is 17.1 Å². The number of halogens is 1. The van der Waals surface area contributed by atoms with E-state index in [1.807, 2.05) is 6.92 Å². The van der Waals surface area contributed by atoms with Crippen molar-refractivity contribution in [2.24, 2.45) is 17.8 Å². The second-order valence-electron chi connectivity index (χ2n) is 6.52. The highest BCUT2D eigenvalue weighted by Crippen LogP contribution is 2.49. The van der Waals surface area contributed by atoms with Crippen molar-refractivity contribution in [2.75, 3.05) is 0 Å². The first kappa shape index (κ1) is 15.3. The molecule has 0 heterocycles. The van der Waals surface area contributed by atoms with Gasteiger partial charge in [-0.15, -0.1) is 0 Å². The highest BCUT2D eigenvalue weighted by molar-refractivity contribution is 6.31. The Bertz CT molecular complexity index is 619. The molecule has 0 saturated heterocycles. The third kappa shape index (κ3) is 2.82. The number of rotatable bonds is 4. The summed E-state index contributed by atoms with van der Waals surface area (Å²) in [6, 6.07) is 4.10. The molecule has 2 aliphatic carbocycles. The van der Waals surface area contributed by atoms with Gasteiger partial charge in [-0.05, 0) is 56.1 Å². The maximum absolute atomic E-state index is 12.4. The molecule has 0 unspecified atom stereocenters. The van der Waals surface area contributed by atoms with Crippen LogP contribution in [0.4, 0.5) is 5.69 Å². The minimum absolute atomic E-state index is 0.0291. The van der Waals surface area contributed by atoms with Gasteiger partial charge in [0.2, 0.25) is 0 Å². The first-order valence-electron chi connectivity index (χ1n) is 7.70. The summed E-state index contributed by atoms with van der Waals surface area (Å²) < 4.78 is 0. The summed E-state index contributed by atoms with van der Waals surface area (Å²) in [5, 5.41) is 14.3. The fraction of sp³-hybridized carbons (Fsp3) is 0.562. The summed E-state index contributed by atoms with van der Waals surface area (Å²) in [6.45, 7) is 2.00. The maximum Gasteiger partial charge on any atom is 0.282 e. The van der Waals surface area contributed by atoms with Crippen LogP contribution in [0.1, 0.15) is 43.0 Å². The zero-order valence-corrected chi connectivity index (χ0v) is 13.2. The van der Waals surface area contributed by atoms with Crippen LogP contribution < -0.4 is 5.32 Å². The first-order chi connectivity index (χ1) is 10.5. The predicted octanol–water partition coefficient (Wildman–Crippen LogP) is 3.80. The van der Waals surface area contributed by atoms with Gasteiger partial charge in [0.15, 0.2) is 0 Å². The molecule has 4 atom stereocenters. The van der Waals surface area contributed by atoms with Gasteiger partial charge in [0.05, 0.1) is 4.92 Å². The number of nitro benzene ring substituents is 1. The van der Waals surface area contributed by atoms with Crippen molar-refractivity contribution in [3.8, 4) is 0 Å². The van der Waals surface area contributed by atoms with Gasteiger partial charge in [-0.3, -0.25) is 14.9 Å². The van der Waals surface area contributed by atoms with Crippen molar-refractivity contribution in [1.29, 1.82) is 0 Å². The monoisotopic (exact) mass is 322 g/mol. The molecule has 2 aliphatic rings. The van der Waals surface area contributed by atoms with E-state index in [1.54, 1.807) is 0 Å². The number of amides is 1. The molecule has 1 aromatic rings. The molecule has 118 valence electrons. The number of benzene rings is 1. The number of nitrogens with zero attached hydrogens (tertiary/aromatic N) is 1. The Morgan fingerprint density at radius 1 is 1.41 bits per heavy atom. The predicted molar refractivity (Wildman–Crippen MR) is 84.0 cm³/mol. The number of nitro groups is 1. The van der Waals surface area contributed by atoms with Crippen molar-refractivity contribution in [3.63, 3.8) is 0 Å². The number of hydrogen-bond acceptors (Lipinski definition) is 3. The van der Waals surface area contributed by atoms with E-state index in [9.17, 15) is 14.9 Å². The van der Waals surface area contributed by atoms with Crippen LogP contribution in [0, 0.1) is 27.9 Å². The Kier molecular flexibility index (Phi) is 4.08. The second kappa shape index (κ2) is 5.88. The number of fused-ring (bicyclic) bond motifs is 2. The molecular formula is C16H19ClN2O3. The number of hydrogen-bond donors (Lipinski definition) is 1. The molecule has 1 amide bonds. The van der Waals surface area contributed by atoms with Crippen LogP contribution in [0.2, 0.25) is 5.02 Å². The van der Waals surface area contributed by atoms with E-state index in [0.717, 1.165) is 12.3 Å². The maximum atomic E-state index is 12.4. The van der Waals surface area contributed by atoms with Crippen LogP contribution in [0.5, 0.6) is 0 Å². The van der Waals surface area contributed by atoms with Crippen molar-refractivity contribution in [2.45, 2.75) is 38.6 Å². The van der Waals surface area contributed by atoms with Gasteiger partial charge in [0.25, 0.3) is 11.6 Å². The van der Waals surface area contributed by atoms with Crippen molar-refractivity contribution in [1.82, 2.24) is 5.32 Å². The van der Waals surface area contributed by atoms with E-state index in [4.69, 9.17) is 11.6 Å². The van der Waals surface area contributed by atoms with Crippen molar-refractivity contribution < 1.29 is 9.72 Å². The van der Waals surface area contributed by atoms with E-state index in [0.29, 0.717) is 16.9 Å². The summed E-state index contributed by atoms with van der Waals surface area (Å²) in [5.74, 6) is 1.56. The normalized spacial score (nSPS) is 27.6. The van der Waals surface area contributed by atoms with Crippen LogP contribution in [-0.4, -0.2) is 16.9 Å². The summed E-state index contributed by atoms with van der Waals surface area (Å²) in [4.78, 5) is 22.9. The topological polar surface area (TPSA) is 72.2 Å². The average molecular weight is 323 g/mol. The molecule has 6 heteroatoms. The molecule has 0 aromatic heterocycles. The Hall–Kier alpha value is -1.62. The molecule has 0 aliphatic heterocycles. The largest absolute Gasteiger partial charge is 0.349 e. The fourth-order valence-electron chi connectivity index (χ4n) is 4.15. The number of nitrogens with one attached hydrogen (secondary N) is 1. The highest BCUT2D eigenvalue weighted by atomic mass is 35.5. The SMILES string of the molecule is C[C@H](NC(=O)c1cc(Cl)ccc1[N+](=O)[O-])[C@H]1C[C@H]2CC[C@H]1C2. The van der Waals surface area contributed by atoms with Crippen LogP contribution in [0.3, 0.4) is 0 Å². The average Bonchev–Trinajstić information content (AvgIpc) is 3.09. The van der Waals surface area contributed by atoms with Gasteiger partial charge in [-0.25, -0.2) is 0 Å². The first-order valence-corrected chi connectivity index (χ1v) is 8.08. The zero-order valence-electron chi connectivity index (χ0n) is 12.4. The minimum Gasteiger partial charge on any atom is -0.349 e. The van der Waals surface area contributed by atoms with E-state index in [1.165, 1.54) is 37.5 Å². The van der Waals surface area contributed by atoms with Crippen molar-refractivity contribution in [3.05, 3.63) is 38.9 Å². The second-order valence-corrected chi connectivity index (χ2v) is 6.96. The fourth-order valence-corrected chi connectivity index (χ4v) is 4.32. The van der Waals surface area contributed by atoms with E-state index < -0.39 is 10.8 Å². The van der Waals surface area contributed by atoms with Crippen LogP contribution in [0.15, 0.2) is 18.2 Å². The molecule has 5 nitrogen and oxygen atoms in total. The number of carbonyl (C=O) groups is 1. The lowest BCUT2D eigenvalue weighted by molar-refractivity contribution is -0.385. The lowest BCUT2D eigenvalue weighted by Crippen LogP contribution is -2.40. The summed E-state index contributed by atoms with van der Waals surface area (Å²) >= 11 is 5.88.